The van der Waals surface area contributed by atoms with Gasteiger partial charge < -0.3 is 5.32 Å². The summed E-state index contributed by atoms with van der Waals surface area (Å²) >= 11 is 5.51. The van der Waals surface area contributed by atoms with Gasteiger partial charge >= 0.3 is 6.18 Å². The number of carbonyl (C=O) groups excluding carboxylic acids is 1. The van der Waals surface area contributed by atoms with Crippen molar-refractivity contribution in [3.05, 3.63) is 41.0 Å². The van der Waals surface area contributed by atoms with Gasteiger partial charge in [0.1, 0.15) is 5.82 Å². The second kappa shape index (κ2) is 8.56. The molecule has 0 saturated heterocycles. The first-order chi connectivity index (χ1) is 14.0. The van der Waals surface area contributed by atoms with Crippen LogP contribution in [0.25, 0.3) is 0 Å². The highest BCUT2D eigenvalue weighted by molar-refractivity contribution is 7.89. The lowest BCUT2D eigenvalue weighted by atomic mass is 10.2. The molecule has 12 heteroatoms. The molecule has 7 nitrogen and oxygen atoms in total. The van der Waals surface area contributed by atoms with E-state index in [9.17, 15) is 26.4 Å². The molecule has 2 aromatic rings. The van der Waals surface area contributed by atoms with Crippen molar-refractivity contribution in [2.75, 3.05) is 11.9 Å². The van der Waals surface area contributed by atoms with Gasteiger partial charge in [0, 0.05) is 19.0 Å². The average molecular weight is 465 g/mol. The van der Waals surface area contributed by atoms with Gasteiger partial charge in [0.25, 0.3) is 0 Å². The van der Waals surface area contributed by atoms with Gasteiger partial charge in [-0.25, -0.2) is 17.8 Å². The van der Waals surface area contributed by atoms with Gasteiger partial charge in [-0.3, -0.25) is 4.79 Å². The number of anilines is 1. The summed E-state index contributed by atoms with van der Waals surface area (Å²) in [6.07, 6.45) is -1.21. The van der Waals surface area contributed by atoms with Gasteiger partial charge in [-0.1, -0.05) is 11.6 Å². The fourth-order valence-corrected chi connectivity index (χ4v) is 4.27. The van der Waals surface area contributed by atoms with Gasteiger partial charge in [0.15, 0.2) is 0 Å². The minimum Gasteiger partial charge on any atom is -0.311 e. The van der Waals surface area contributed by atoms with Crippen molar-refractivity contribution in [3.8, 4) is 0 Å². The fourth-order valence-electron chi connectivity index (χ4n) is 2.99. The molecule has 1 saturated carbocycles. The van der Waals surface area contributed by atoms with E-state index in [1.54, 1.807) is 16.9 Å². The van der Waals surface area contributed by atoms with E-state index >= 15 is 0 Å². The third-order valence-electron chi connectivity index (χ3n) is 4.83. The number of hydrogen-bond acceptors (Lipinski definition) is 4. The van der Waals surface area contributed by atoms with Crippen LogP contribution in [0.2, 0.25) is 5.02 Å². The molecule has 1 aliphatic rings. The largest absolute Gasteiger partial charge is 0.417 e. The van der Waals surface area contributed by atoms with Crippen LogP contribution in [0.4, 0.5) is 19.0 Å². The maximum atomic E-state index is 12.9. The van der Waals surface area contributed by atoms with Crippen molar-refractivity contribution in [1.29, 1.82) is 0 Å². The SMILES string of the molecule is CC(C1CC1)n1nccc1NC(=O)CCNS(=O)(=O)c1ccc(Cl)c(C(F)(F)F)c1. The smallest absolute Gasteiger partial charge is 0.311 e. The van der Waals surface area contributed by atoms with Gasteiger partial charge in [-0.15, -0.1) is 0 Å². The Morgan fingerprint density at radius 1 is 1.33 bits per heavy atom. The zero-order valence-electron chi connectivity index (χ0n) is 15.9. The molecular weight excluding hydrogens is 445 g/mol. The summed E-state index contributed by atoms with van der Waals surface area (Å²) in [6.45, 7) is 1.72. The minimum absolute atomic E-state index is 0.140. The Balaban J connectivity index is 1.58. The van der Waals surface area contributed by atoms with Gasteiger partial charge in [-0.05, 0) is 43.9 Å². The quantitative estimate of drug-likeness (QED) is 0.621. The van der Waals surface area contributed by atoms with E-state index in [4.69, 9.17) is 11.6 Å². The maximum absolute atomic E-state index is 12.9. The van der Waals surface area contributed by atoms with E-state index in [0.717, 1.165) is 25.0 Å². The topological polar surface area (TPSA) is 93.1 Å². The predicted molar refractivity (Wildman–Crippen MR) is 105 cm³/mol. The van der Waals surface area contributed by atoms with E-state index in [1.807, 2.05) is 6.92 Å². The summed E-state index contributed by atoms with van der Waals surface area (Å²) in [5.74, 6) is 0.581. The van der Waals surface area contributed by atoms with E-state index in [1.165, 1.54) is 0 Å². The van der Waals surface area contributed by atoms with Crippen molar-refractivity contribution in [2.45, 2.75) is 43.3 Å². The molecular formula is C18H20ClF3N4O3S. The first-order valence-corrected chi connectivity index (χ1v) is 11.0. The Bertz CT molecular complexity index is 1040. The Kier molecular flexibility index (Phi) is 6.44. The first kappa shape index (κ1) is 22.6. The van der Waals surface area contributed by atoms with Crippen LogP contribution < -0.4 is 10.0 Å². The van der Waals surface area contributed by atoms with E-state index < -0.39 is 37.6 Å². The monoisotopic (exact) mass is 464 g/mol. The number of rotatable bonds is 8. The summed E-state index contributed by atoms with van der Waals surface area (Å²) in [7, 11) is -4.25. The molecule has 2 N–H and O–H groups in total. The number of aromatic nitrogens is 2. The number of halogens is 4. The molecule has 3 rings (SSSR count). The average Bonchev–Trinajstić information content (AvgIpc) is 3.40. The van der Waals surface area contributed by atoms with Crippen LogP contribution in [0.1, 0.15) is 37.8 Å². The van der Waals surface area contributed by atoms with Crippen molar-refractivity contribution in [1.82, 2.24) is 14.5 Å². The number of amides is 1. The highest BCUT2D eigenvalue weighted by atomic mass is 35.5. The Morgan fingerprint density at radius 2 is 2.03 bits per heavy atom. The Morgan fingerprint density at radius 3 is 2.67 bits per heavy atom. The van der Waals surface area contributed by atoms with E-state index in [-0.39, 0.29) is 19.0 Å². The summed E-state index contributed by atoms with van der Waals surface area (Å²) in [4.78, 5) is 11.6. The van der Waals surface area contributed by atoms with Crippen molar-refractivity contribution < 1.29 is 26.4 Å². The molecule has 1 atom stereocenters. The number of sulfonamides is 1. The number of alkyl halides is 3. The lowest BCUT2D eigenvalue weighted by Gasteiger charge is -2.15. The molecule has 0 bridgehead atoms. The minimum atomic E-state index is -4.79. The summed E-state index contributed by atoms with van der Waals surface area (Å²) in [6, 6.07) is 4.09. The molecule has 1 amide bonds. The van der Waals surface area contributed by atoms with Gasteiger partial charge in [-0.2, -0.15) is 18.3 Å². The maximum Gasteiger partial charge on any atom is 0.417 e. The Hall–Kier alpha value is -2.11. The highest BCUT2D eigenvalue weighted by Gasteiger charge is 2.34. The Labute approximate surface area is 176 Å². The molecule has 1 fully saturated rings. The van der Waals surface area contributed by atoms with Crippen LogP contribution in [-0.4, -0.2) is 30.7 Å². The number of hydrogen-bond donors (Lipinski definition) is 2. The van der Waals surface area contributed by atoms with Gasteiger partial charge in [0.2, 0.25) is 15.9 Å². The lowest BCUT2D eigenvalue weighted by molar-refractivity contribution is -0.137. The van der Waals surface area contributed by atoms with Crippen LogP contribution in [0.5, 0.6) is 0 Å². The molecule has 0 radical (unpaired) electrons. The number of benzene rings is 1. The van der Waals surface area contributed by atoms with Crippen LogP contribution in [-0.2, 0) is 21.0 Å². The molecule has 0 aliphatic heterocycles. The van der Waals surface area contributed by atoms with Gasteiger partial charge in [0.05, 0.1) is 27.7 Å². The molecule has 1 aromatic carbocycles. The zero-order valence-corrected chi connectivity index (χ0v) is 17.5. The third kappa shape index (κ3) is 5.32. The number of carbonyl (C=O) groups is 1. The predicted octanol–water partition coefficient (Wildman–Crippen LogP) is 3.83. The van der Waals surface area contributed by atoms with Crippen molar-refractivity contribution >= 4 is 33.3 Å². The molecule has 1 heterocycles. The van der Waals surface area contributed by atoms with E-state index in [2.05, 4.69) is 15.1 Å². The standard InChI is InChI=1S/C18H20ClF3N4O3S/c1-11(12-2-3-12)26-16(6-8-23-26)25-17(27)7-9-24-30(28,29)13-4-5-15(19)14(10-13)18(20,21)22/h4-6,8,10-12,24H,2-3,7,9H2,1H3,(H,25,27). The third-order valence-corrected chi connectivity index (χ3v) is 6.61. The molecule has 30 heavy (non-hydrogen) atoms. The molecule has 0 spiro atoms. The summed E-state index contributed by atoms with van der Waals surface area (Å²) in [5.41, 5.74) is -1.25. The summed E-state index contributed by atoms with van der Waals surface area (Å²) < 4.78 is 67.2. The van der Waals surface area contributed by atoms with Crippen LogP contribution in [0.15, 0.2) is 35.4 Å². The van der Waals surface area contributed by atoms with Crippen molar-refractivity contribution in [2.24, 2.45) is 5.92 Å². The normalized spacial score (nSPS) is 15.8. The van der Waals surface area contributed by atoms with Crippen LogP contribution in [0, 0.1) is 5.92 Å². The zero-order chi connectivity index (χ0) is 22.1. The molecule has 1 unspecified atom stereocenters. The van der Waals surface area contributed by atoms with E-state index in [0.29, 0.717) is 17.8 Å². The summed E-state index contributed by atoms with van der Waals surface area (Å²) in [5, 5.41) is 6.29. The van der Waals surface area contributed by atoms with Crippen LogP contribution >= 0.6 is 11.6 Å². The van der Waals surface area contributed by atoms with Crippen LogP contribution in [0.3, 0.4) is 0 Å². The second-order valence-corrected chi connectivity index (χ2v) is 9.25. The number of nitrogens with one attached hydrogen (secondary N) is 2. The van der Waals surface area contributed by atoms with Crippen molar-refractivity contribution in [3.63, 3.8) is 0 Å². The number of nitrogens with zero attached hydrogens (tertiary/aromatic N) is 2. The fraction of sp³-hybridized carbons (Fsp3) is 0.444. The molecule has 164 valence electrons. The molecule has 1 aliphatic carbocycles. The molecule has 1 aromatic heterocycles. The lowest BCUT2D eigenvalue weighted by Crippen LogP contribution is -2.28. The highest BCUT2D eigenvalue weighted by Crippen LogP contribution is 2.40. The first-order valence-electron chi connectivity index (χ1n) is 9.19. The second-order valence-electron chi connectivity index (χ2n) is 7.07.